The molecule has 1 heterocycles. The highest BCUT2D eigenvalue weighted by atomic mass is 79.9. The number of ether oxygens (including phenoxy) is 1. The number of hydrogen-bond donors (Lipinski definition) is 1. The van der Waals surface area contributed by atoms with Gasteiger partial charge in [0, 0.05) is 17.8 Å². The molecule has 0 fully saturated rings. The van der Waals surface area contributed by atoms with Crippen LogP contribution >= 0.6 is 15.9 Å². The second kappa shape index (κ2) is 9.30. The van der Waals surface area contributed by atoms with Crippen LogP contribution in [-0.2, 0) is 11.3 Å². The Morgan fingerprint density at radius 1 is 1.26 bits per heavy atom. The van der Waals surface area contributed by atoms with Crippen LogP contribution in [0, 0.1) is 36.8 Å². The Kier molecular flexibility index (Phi) is 6.74. The summed E-state index contributed by atoms with van der Waals surface area (Å²) in [7, 11) is 0. The van der Waals surface area contributed by atoms with E-state index in [4.69, 9.17) is 4.74 Å². The molecule has 2 aromatic carbocycles. The first-order valence-corrected chi connectivity index (χ1v) is 10.5. The number of carbonyl (C=O) groups is 1. The Bertz CT molecular complexity index is 1140. The molecular formula is C22H23BrN4O4. The minimum Gasteiger partial charge on any atom is -0.457 e. The fraction of sp³-hybridized carbons (Fsp3) is 0.273. The lowest BCUT2D eigenvalue weighted by Gasteiger charge is -2.15. The number of nitrogens with one attached hydrogen (secondary N) is 1. The largest absolute Gasteiger partial charge is 0.457 e. The van der Waals surface area contributed by atoms with Crippen LogP contribution in [0.4, 0.5) is 11.4 Å². The molecule has 1 aromatic heterocycles. The molecule has 3 rings (SSSR count). The Hall–Kier alpha value is -3.20. The summed E-state index contributed by atoms with van der Waals surface area (Å²) in [5.41, 5.74) is 2.80. The van der Waals surface area contributed by atoms with Crippen LogP contribution in [0.5, 0.6) is 11.5 Å². The number of amides is 1. The van der Waals surface area contributed by atoms with Gasteiger partial charge in [0.25, 0.3) is 5.69 Å². The lowest BCUT2D eigenvalue weighted by Crippen LogP contribution is -2.25. The Morgan fingerprint density at radius 2 is 1.97 bits per heavy atom. The molecule has 0 bridgehead atoms. The van der Waals surface area contributed by atoms with Crippen molar-refractivity contribution in [3.05, 3.63) is 74.0 Å². The zero-order valence-electron chi connectivity index (χ0n) is 17.7. The summed E-state index contributed by atoms with van der Waals surface area (Å²) in [6, 6.07) is 11.6. The second-order valence-corrected chi connectivity index (χ2v) is 8.19. The summed E-state index contributed by atoms with van der Waals surface area (Å²) in [5.74, 6) is 0.175. The van der Waals surface area contributed by atoms with Crippen molar-refractivity contribution in [3.8, 4) is 11.5 Å². The van der Waals surface area contributed by atoms with E-state index >= 15 is 0 Å². The van der Waals surface area contributed by atoms with E-state index in [9.17, 15) is 14.9 Å². The van der Waals surface area contributed by atoms with E-state index < -0.39 is 10.8 Å². The van der Waals surface area contributed by atoms with Crippen LogP contribution < -0.4 is 10.1 Å². The summed E-state index contributed by atoms with van der Waals surface area (Å²) in [5, 5.41) is 18.6. The number of non-ortho nitro benzene ring substituents is 1. The van der Waals surface area contributed by atoms with Crippen molar-refractivity contribution >= 4 is 33.2 Å². The van der Waals surface area contributed by atoms with Gasteiger partial charge in [-0.25, -0.2) is 0 Å². The maximum Gasteiger partial charge on any atom is 0.275 e. The van der Waals surface area contributed by atoms with Crippen molar-refractivity contribution in [1.82, 2.24) is 9.78 Å². The third-order valence-corrected chi connectivity index (χ3v) is 6.03. The highest BCUT2D eigenvalue weighted by Gasteiger charge is 2.19. The van der Waals surface area contributed by atoms with Crippen molar-refractivity contribution in [1.29, 1.82) is 0 Å². The number of halogens is 1. The molecule has 162 valence electrons. The Labute approximate surface area is 188 Å². The molecular weight excluding hydrogens is 464 g/mol. The van der Waals surface area contributed by atoms with Gasteiger partial charge in [0.05, 0.1) is 39.3 Å². The fourth-order valence-electron chi connectivity index (χ4n) is 3.08. The quantitative estimate of drug-likeness (QED) is 0.348. The lowest BCUT2D eigenvalue weighted by atomic mass is 10.1. The number of benzene rings is 2. The van der Waals surface area contributed by atoms with Crippen molar-refractivity contribution in [3.63, 3.8) is 0 Å². The van der Waals surface area contributed by atoms with Crippen LogP contribution in [0.2, 0.25) is 0 Å². The number of nitro groups is 1. The summed E-state index contributed by atoms with van der Waals surface area (Å²) in [4.78, 5) is 23.6. The number of carbonyl (C=O) groups excluding carboxylic acids is 1. The van der Waals surface area contributed by atoms with Gasteiger partial charge in [-0.1, -0.05) is 25.1 Å². The smallest absolute Gasteiger partial charge is 0.275 e. The first-order chi connectivity index (χ1) is 14.7. The summed E-state index contributed by atoms with van der Waals surface area (Å²) in [6.07, 6.45) is 0. The predicted octanol–water partition coefficient (Wildman–Crippen LogP) is 5.55. The molecule has 1 unspecified atom stereocenters. The van der Waals surface area contributed by atoms with Gasteiger partial charge < -0.3 is 10.1 Å². The van der Waals surface area contributed by atoms with E-state index in [1.54, 1.807) is 23.7 Å². The third kappa shape index (κ3) is 5.29. The van der Waals surface area contributed by atoms with Gasteiger partial charge in [-0.05, 0) is 48.3 Å². The molecule has 9 heteroatoms. The zero-order chi connectivity index (χ0) is 22.7. The molecule has 0 aliphatic carbocycles. The SMILES string of the molecule is Cc1ccccc1Oc1cc(NC(=O)C(C)Cn2nc(C)c(Br)c2C)cc([N+](=O)[O-])c1. The van der Waals surface area contributed by atoms with Gasteiger partial charge in [0.1, 0.15) is 11.5 Å². The molecule has 0 radical (unpaired) electrons. The first kappa shape index (κ1) is 22.5. The Balaban J connectivity index is 1.80. The van der Waals surface area contributed by atoms with Crippen molar-refractivity contribution in [2.24, 2.45) is 5.92 Å². The standard InChI is InChI=1S/C22H23BrN4O4/c1-13-7-5-6-8-20(13)31-19-10-17(9-18(11-19)27(29)30)24-22(28)14(2)12-26-16(4)21(23)15(3)25-26/h5-11,14H,12H2,1-4H3,(H,24,28). The first-order valence-electron chi connectivity index (χ1n) is 9.69. The van der Waals surface area contributed by atoms with Gasteiger partial charge in [0.2, 0.25) is 5.91 Å². The van der Waals surface area contributed by atoms with Crippen LogP contribution in [0.15, 0.2) is 46.9 Å². The van der Waals surface area contributed by atoms with Gasteiger partial charge in [0.15, 0.2) is 0 Å². The van der Waals surface area contributed by atoms with Crippen LogP contribution in [-0.4, -0.2) is 20.6 Å². The molecule has 1 N–H and O–H groups in total. The van der Waals surface area contributed by atoms with Crippen molar-refractivity contribution < 1.29 is 14.5 Å². The molecule has 0 aliphatic heterocycles. The van der Waals surface area contributed by atoms with Gasteiger partial charge in [-0.15, -0.1) is 0 Å². The fourth-order valence-corrected chi connectivity index (χ4v) is 3.36. The average Bonchev–Trinajstić information content (AvgIpc) is 2.96. The monoisotopic (exact) mass is 486 g/mol. The maximum atomic E-state index is 12.8. The number of rotatable bonds is 7. The summed E-state index contributed by atoms with van der Waals surface area (Å²) in [6.45, 7) is 7.85. The van der Waals surface area contributed by atoms with Gasteiger partial charge in [-0.2, -0.15) is 5.10 Å². The number of aromatic nitrogens is 2. The maximum absolute atomic E-state index is 12.8. The second-order valence-electron chi connectivity index (χ2n) is 7.40. The molecule has 0 spiro atoms. The van der Waals surface area contributed by atoms with Gasteiger partial charge in [-0.3, -0.25) is 19.6 Å². The molecule has 3 aromatic rings. The Morgan fingerprint density at radius 3 is 2.58 bits per heavy atom. The van der Waals surface area contributed by atoms with E-state index in [0.29, 0.717) is 18.0 Å². The minimum atomic E-state index is -0.517. The van der Waals surface area contributed by atoms with E-state index in [1.165, 1.54) is 12.1 Å². The summed E-state index contributed by atoms with van der Waals surface area (Å²) >= 11 is 3.48. The summed E-state index contributed by atoms with van der Waals surface area (Å²) < 4.78 is 8.52. The number of anilines is 1. The molecule has 0 aliphatic rings. The van der Waals surface area contributed by atoms with Crippen molar-refractivity contribution in [2.45, 2.75) is 34.2 Å². The van der Waals surface area contributed by atoms with E-state index in [-0.39, 0.29) is 17.3 Å². The highest BCUT2D eigenvalue weighted by Crippen LogP contribution is 2.31. The van der Waals surface area contributed by atoms with Crippen LogP contribution in [0.1, 0.15) is 23.9 Å². The number of aryl methyl sites for hydroxylation is 2. The molecule has 31 heavy (non-hydrogen) atoms. The average molecular weight is 487 g/mol. The van der Waals surface area contributed by atoms with Crippen molar-refractivity contribution in [2.75, 3.05) is 5.32 Å². The van der Waals surface area contributed by atoms with Gasteiger partial charge >= 0.3 is 0 Å². The highest BCUT2D eigenvalue weighted by molar-refractivity contribution is 9.10. The molecule has 8 nitrogen and oxygen atoms in total. The molecule has 1 atom stereocenters. The number of nitrogens with zero attached hydrogens (tertiary/aromatic N) is 3. The normalized spacial score (nSPS) is 11.8. The van der Waals surface area contributed by atoms with E-state index in [0.717, 1.165) is 21.4 Å². The minimum absolute atomic E-state index is 0.170. The zero-order valence-corrected chi connectivity index (χ0v) is 19.3. The number of nitro benzene ring substituents is 1. The van der Waals surface area contributed by atoms with Crippen LogP contribution in [0.3, 0.4) is 0 Å². The number of hydrogen-bond acceptors (Lipinski definition) is 5. The molecule has 0 saturated heterocycles. The topological polar surface area (TPSA) is 99.3 Å². The van der Waals surface area contributed by atoms with Crippen LogP contribution in [0.25, 0.3) is 0 Å². The third-order valence-electron chi connectivity index (χ3n) is 4.88. The molecule has 0 saturated carbocycles. The number of para-hydroxylation sites is 1. The van der Waals surface area contributed by atoms with E-state index in [1.807, 2.05) is 39.0 Å². The molecule has 1 amide bonds. The predicted molar refractivity (Wildman–Crippen MR) is 122 cm³/mol. The van der Waals surface area contributed by atoms with E-state index in [2.05, 4.69) is 26.3 Å². The lowest BCUT2D eigenvalue weighted by molar-refractivity contribution is -0.384.